The maximum absolute atomic E-state index is 13.1. The number of esters is 2. The lowest BCUT2D eigenvalue weighted by atomic mass is 9.68. The molecule has 36 heavy (non-hydrogen) atoms. The van der Waals surface area contributed by atoms with Gasteiger partial charge in [-0.05, 0) is 31.5 Å². The van der Waals surface area contributed by atoms with Crippen LogP contribution in [0.4, 0.5) is 5.69 Å². The third-order valence-electron chi connectivity index (χ3n) is 6.22. The quantitative estimate of drug-likeness (QED) is 0.215. The molecule has 0 radical (unpaired) electrons. The Bertz CT molecular complexity index is 1230. The van der Waals surface area contributed by atoms with E-state index in [9.17, 15) is 29.6 Å². The van der Waals surface area contributed by atoms with Crippen LogP contribution in [0.1, 0.15) is 36.2 Å². The van der Waals surface area contributed by atoms with Gasteiger partial charge in [0.2, 0.25) is 0 Å². The lowest BCUT2D eigenvalue weighted by molar-refractivity contribution is -0.385. The van der Waals surface area contributed by atoms with Gasteiger partial charge in [0, 0.05) is 30.3 Å². The maximum Gasteiger partial charge on any atom is 0.335 e. The number of benzene rings is 2. The zero-order chi connectivity index (χ0) is 26.5. The smallest absolute Gasteiger partial charge is 0.335 e. The first-order valence-electron chi connectivity index (χ1n) is 11.1. The molecule has 0 saturated heterocycles. The van der Waals surface area contributed by atoms with Crippen molar-refractivity contribution in [2.24, 2.45) is 0 Å². The number of nitrogens with zero attached hydrogens (tertiary/aromatic N) is 1. The van der Waals surface area contributed by atoms with Crippen LogP contribution in [0.25, 0.3) is 0 Å². The number of rotatable bonds is 8. The number of carbonyl (C=O) groups is 3. The molecule has 11 nitrogen and oxygen atoms in total. The van der Waals surface area contributed by atoms with Crippen molar-refractivity contribution in [3.63, 3.8) is 0 Å². The average molecular weight is 498 g/mol. The van der Waals surface area contributed by atoms with Crippen LogP contribution in [-0.4, -0.2) is 54.2 Å². The van der Waals surface area contributed by atoms with Crippen LogP contribution in [0.5, 0.6) is 5.75 Å². The topological polar surface area (TPSA) is 157 Å². The average Bonchev–Trinajstić information content (AvgIpc) is 2.86. The molecule has 0 aromatic heterocycles. The van der Waals surface area contributed by atoms with Crippen molar-refractivity contribution in [3.05, 3.63) is 81.0 Å². The van der Waals surface area contributed by atoms with Crippen LogP contribution in [0.3, 0.4) is 0 Å². The number of allylic oxidation sites excluding steroid dienone is 1. The predicted molar refractivity (Wildman–Crippen MR) is 128 cm³/mol. The van der Waals surface area contributed by atoms with Crippen LogP contribution >= 0.6 is 0 Å². The molecule has 190 valence electrons. The van der Waals surface area contributed by atoms with Gasteiger partial charge in [-0.3, -0.25) is 19.7 Å². The summed E-state index contributed by atoms with van der Waals surface area (Å²) in [5.41, 5.74) is -0.525. The van der Waals surface area contributed by atoms with E-state index in [-0.39, 0.29) is 42.1 Å². The van der Waals surface area contributed by atoms with Gasteiger partial charge in [0.25, 0.3) is 11.6 Å². The number of aromatic hydroxyl groups is 1. The first-order chi connectivity index (χ1) is 17.1. The van der Waals surface area contributed by atoms with Crippen molar-refractivity contribution in [2.75, 3.05) is 20.3 Å². The van der Waals surface area contributed by atoms with E-state index in [2.05, 4.69) is 10.6 Å². The van der Waals surface area contributed by atoms with Crippen molar-refractivity contribution >= 4 is 23.5 Å². The minimum absolute atomic E-state index is 0.0118. The molecule has 2 aromatic carbocycles. The predicted octanol–water partition coefficient (Wildman–Crippen LogP) is 2.34. The highest BCUT2D eigenvalue weighted by Gasteiger charge is 2.51. The van der Waals surface area contributed by atoms with Gasteiger partial charge in [0.15, 0.2) is 0 Å². The summed E-state index contributed by atoms with van der Waals surface area (Å²) in [4.78, 5) is 49.0. The summed E-state index contributed by atoms with van der Waals surface area (Å²) in [6.07, 6.45) is -0.107. The van der Waals surface area contributed by atoms with E-state index in [1.54, 1.807) is 32.0 Å². The van der Waals surface area contributed by atoms with Gasteiger partial charge in [0.05, 0.1) is 29.7 Å². The fraction of sp³-hybridized carbons (Fsp3) is 0.320. The molecule has 1 aliphatic rings. The summed E-state index contributed by atoms with van der Waals surface area (Å²) < 4.78 is 10.4. The van der Waals surface area contributed by atoms with Gasteiger partial charge in [0.1, 0.15) is 17.8 Å². The number of hydrogen-bond donors (Lipinski definition) is 3. The number of hydrogen-bond acceptors (Lipinski definition) is 9. The normalized spacial score (nSPS) is 19.1. The monoisotopic (exact) mass is 497 g/mol. The van der Waals surface area contributed by atoms with Gasteiger partial charge >= 0.3 is 11.9 Å². The minimum Gasteiger partial charge on any atom is -0.507 e. The van der Waals surface area contributed by atoms with Crippen molar-refractivity contribution in [2.45, 2.75) is 31.7 Å². The zero-order valence-corrected chi connectivity index (χ0v) is 20.1. The Hall–Kier alpha value is -4.41. The van der Waals surface area contributed by atoms with Crippen molar-refractivity contribution in [1.82, 2.24) is 10.6 Å². The van der Waals surface area contributed by atoms with Crippen LogP contribution < -0.4 is 10.6 Å². The second kappa shape index (κ2) is 10.9. The Morgan fingerprint density at radius 2 is 1.94 bits per heavy atom. The fourth-order valence-corrected chi connectivity index (χ4v) is 4.28. The SMILES string of the molecule is COC(=O)C1(c2cccc([N+](=O)[O-])c2)CC(C(=O)OCCNC(=O)c2ccccc2O)=C(C)NC1C. The highest BCUT2D eigenvalue weighted by atomic mass is 16.6. The summed E-state index contributed by atoms with van der Waals surface area (Å²) in [6, 6.07) is 11.2. The number of ether oxygens (including phenoxy) is 2. The molecule has 2 unspecified atom stereocenters. The minimum atomic E-state index is -1.42. The molecule has 0 saturated carbocycles. The molecule has 3 rings (SSSR count). The van der Waals surface area contributed by atoms with Gasteiger partial charge in [-0.1, -0.05) is 24.3 Å². The van der Waals surface area contributed by atoms with E-state index in [4.69, 9.17) is 9.47 Å². The standard InChI is InChI=1S/C25H27N3O8/c1-15-20(23(31)36-12-11-26-22(30)19-9-4-5-10-21(19)29)14-25(16(2)27-15,24(32)35-3)17-7-6-8-18(13-17)28(33)34/h4-10,13,16,27,29H,11-12,14H2,1-3H3,(H,26,30). The van der Waals surface area contributed by atoms with E-state index in [0.717, 1.165) is 0 Å². The molecule has 1 amide bonds. The number of amides is 1. The van der Waals surface area contributed by atoms with Crippen LogP contribution in [0.2, 0.25) is 0 Å². The van der Waals surface area contributed by atoms with E-state index in [0.29, 0.717) is 11.3 Å². The lowest BCUT2D eigenvalue weighted by Gasteiger charge is -2.42. The maximum atomic E-state index is 13.1. The number of non-ortho nitro benzene ring substituents is 1. The first kappa shape index (κ1) is 26.2. The van der Waals surface area contributed by atoms with Gasteiger partial charge in [-0.15, -0.1) is 0 Å². The van der Waals surface area contributed by atoms with E-state index >= 15 is 0 Å². The van der Waals surface area contributed by atoms with Crippen LogP contribution in [0.15, 0.2) is 59.8 Å². The third-order valence-corrected chi connectivity index (χ3v) is 6.22. The molecular weight excluding hydrogens is 470 g/mol. The summed E-state index contributed by atoms with van der Waals surface area (Å²) in [5, 5.41) is 26.8. The molecule has 3 N–H and O–H groups in total. The molecule has 0 fully saturated rings. The lowest BCUT2D eigenvalue weighted by Crippen LogP contribution is -2.56. The Kier molecular flexibility index (Phi) is 7.93. The number of nitro groups is 1. The summed E-state index contributed by atoms with van der Waals surface area (Å²) in [7, 11) is 1.21. The number of para-hydroxylation sites is 1. The highest BCUT2D eigenvalue weighted by Crippen LogP contribution is 2.41. The van der Waals surface area contributed by atoms with Crippen molar-refractivity contribution in [3.8, 4) is 5.75 Å². The molecule has 0 aliphatic carbocycles. The van der Waals surface area contributed by atoms with Gasteiger partial charge in [-0.25, -0.2) is 4.79 Å². The number of phenolic OH excluding ortho intramolecular Hbond substituents is 1. The second-order valence-corrected chi connectivity index (χ2v) is 8.33. The second-order valence-electron chi connectivity index (χ2n) is 8.33. The summed E-state index contributed by atoms with van der Waals surface area (Å²) in [5.74, 6) is -2.06. The Labute approximate surface area is 207 Å². The first-order valence-corrected chi connectivity index (χ1v) is 11.1. The molecular formula is C25H27N3O8. The summed E-state index contributed by atoms with van der Waals surface area (Å²) in [6.45, 7) is 3.23. The fourth-order valence-electron chi connectivity index (χ4n) is 4.28. The number of phenols is 1. The zero-order valence-electron chi connectivity index (χ0n) is 20.1. The molecule has 11 heteroatoms. The molecule has 2 aromatic rings. The number of carbonyl (C=O) groups excluding carboxylic acids is 3. The van der Waals surface area contributed by atoms with Crippen LogP contribution in [-0.2, 0) is 24.5 Å². The Morgan fingerprint density at radius 3 is 2.61 bits per heavy atom. The molecule has 0 bridgehead atoms. The molecule has 1 aliphatic heterocycles. The largest absolute Gasteiger partial charge is 0.507 e. The van der Waals surface area contributed by atoms with Gasteiger partial charge < -0.3 is 25.2 Å². The van der Waals surface area contributed by atoms with Crippen molar-refractivity contribution in [1.29, 1.82) is 0 Å². The third kappa shape index (κ3) is 5.14. The van der Waals surface area contributed by atoms with Gasteiger partial charge in [-0.2, -0.15) is 0 Å². The van der Waals surface area contributed by atoms with E-state index < -0.39 is 34.2 Å². The Morgan fingerprint density at radius 1 is 1.22 bits per heavy atom. The molecule has 2 atom stereocenters. The number of methoxy groups -OCH3 is 1. The molecule has 0 spiro atoms. The number of nitrogens with one attached hydrogen (secondary N) is 2. The van der Waals surface area contributed by atoms with E-state index in [1.165, 1.54) is 37.4 Å². The van der Waals surface area contributed by atoms with E-state index in [1.807, 2.05) is 0 Å². The Balaban J connectivity index is 1.77. The molecule has 1 heterocycles. The summed E-state index contributed by atoms with van der Waals surface area (Å²) >= 11 is 0. The van der Waals surface area contributed by atoms with Crippen LogP contribution in [0, 0.1) is 10.1 Å². The number of nitro benzene ring substituents is 1. The van der Waals surface area contributed by atoms with Crippen molar-refractivity contribution < 1.29 is 33.9 Å². The highest BCUT2D eigenvalue weighted by molar-refractivity contribution is 5.97.